The molecule has 3 rings (SSSR count). The van der Waals surface area contributed by atoms with Crippen LogP contribution in [-0.2, 0) is 23.5 Å². The number of aryl methyl sites for hydroxylation is 2. The Labute approximate surface area is 144 Å². The summed E-state index contributed by atoms with van der Waals surface area (Å²) in [5, 5.41) is 4.02. The van der Waals surface area contributed by atoms with Crippen molar-refractivity contribution in [3.8, 4) is 0 Å². The van der Waals surface area contributed by atoms with Crippen LogP contribution in [0.5, 0.6) is 0 Å². The molecule has 1 aliphatic rings. The highest BCUT2D eigenvalue weighted by Crippen LogP contribution is 2.28. The van der Waals surface area contributed by atoms with Crippen LogP contribution in [0.15, 0.2) is 47.6 Å². The fourth-order valence-electron chi connectivity index (χ4n) is 3.43. The minimum Gasteiger partial charge on any atom is -0.274 e. The number of aromatic nitrogens is 2. The van der Waals surface area contributed by atoms with E-state index < -0.39 is 10.0 Å². The van der Waals surface area contributed by atoms with E-state index in [0.717, 1.165) is 38.5 Å². The summed E-state index contributed by atoms with van der Waals surface area (Å²) in [5.41, 5.74) is 1.31. The number of benzene rings is 1. The zero-order valence-corrected chi connectivity index (χ0v) is 15.0. The molecule has 130 valence electrons. The molecule has 1 atom stereocenters. The Morgan fingerprint density at radius 3 is 2.71 bits per heavy atom. The van der Waals surface area contributed by atoms with E-state index in [4.69, 9.17) is 0 Å². The predicted octanol–water partition coefficient (Wildman–Crippen LogP) is 2.99. The molecule has 24 heavy (non-hydrogen) atoms. The predicted molar refractivity (Wildman–Crippen MR) is 94.1 cm³/mol. The Balaban J connectivity index is 1.67. The first-order valence-corrected chi connectivity index (χ1v) is 10.1. The van der Waals surface area contributed by atoms with Crippen LogP contribution in [0.4, 0.5) is 0 Å². The van der Waals surface area contributed by atoms with Gasteiger partial charge in [-0.1, -0.05) is 36.8 Å². The summed E-state index contributed by atoms with van der Waals surface area (Å²) in [6.45, 7) is 0.618. The van der Waals surface area contributed by atoms with Crippen LogP contribution in [0, 0.1) is 0 Å². The summed E-state index contributed by atoms with van der Waals surface area (Å²) in [5.74, 6) is 0. The molecule has 2 aromatic rings. The minimum atomic E-state index is -3.44. The molecule has 0 radical (unpaired) electrons. The molecule has 0 spiro atoms. The largest absolute Gasteiger partial charge is 0.274 e. The van der Waals surface area contributed by atoms with Gasteiger partial charge < -0.3 is 0 Å². The van der Waals surface area contributed by atoms with Gasteiger partial charge in [-0.05, 0) is 37.7 Å². The first-order chi connectivity index (χ1) is 11.6. The number of sulfonamides is 1. The van der Waals surface area contributed by atoms with Gasteiger partial charge in [-0.15, -0.1) is 0 Å². The van der Waals surface area contributed by atoms with Crippen molar-refractivity contribution >= 4 is 10.0 Å². The number of hydrogen-bond acceptors (Lipinski definition) is 3. The second-order valence-electron chi connectivity index (χ2n) is 6.49. The average Bonchev–Trinajstić information content (AvgIpc) is 3.04. The van der Waals surface area contributed by atoms with Gasteiger partial charge in [0.25, 0.3) is 0 Å². The van der Waals surface area contributed by atoms with Crippen LogP contribution in [-0.4, -0.2) is 35.1 Å². The highest BCUT2D eigenvalue weighted by atomic mass is 32.2. The van der Waals surface area contributed by atoms with Gasteiger partial charge in [0, 0.05) is 25.8 Å². The van der Waals surface area contributed by atoms with E-state index in [1.165, 1.54) is 11.8 Å². The van der Waals surface area contributed by atoms with Crippen molar-refractivity contribution in [2.45, 2.75) is 49.5 Å². The molecule has 1 unspecified atom stereocenters. The SMILES string of the molecule is Cn1cc(S(=O)(=O)N2CCCCC2CCCc2ccccc2)cn1. The molecule has 6 heteroatoms. The summed E-state index contributed by atoms with van der Waals surface area (Å²) >= 11 is 0. The topological polar surface area (TPSA) is 55.2 Å². The van der Waals surface area contributed by atoms with E-state index in [1.54, 1.807) is 22.2 Å². The Morgan fingerprint density at radius 2 is 2.00 bits per heavy atom. The molecule has 0 amide bonds. The lowest BCUT2D eigenvalue weighted by atomic mass is 9.98. The third kappa shape index (κ3) is 3.87. The quantitative estimate of drug-likeness (QED) is 0.807. The molecule has 1 aromatic heterocycles. The zero-order chi connectivity index (χ0) is 17.0. The monoisotopic (exact) mass is 347 g/mol. The van der Waals surface area contributed by atoms with Gasteiger partial charge in [0.15, 0.2) is 0 Å². The van der Waals surface area contributed by atoms with E-state index in [-0.39, 0.29) is 6.04 Å². The van der Waals surface area contributed by atoms with Crippen molar-refractivity contribution in [1.82, 2.24) is 14.1 Å². The van der Waals surface area contributed by atoms with E-state index in [9.17, 15) is 8.42 Å². The maximum Gasteiger partial charge on any atom is 0.246 e. The Bertz CT molecular complexity index is 756. The number of hydrogen-bond donors (Lipinski definition) is 0. The maximum atomic E-state index is 12.9. The summed E-state index contributed by atoms with van der Waals surface area (Å²) in [4.78, 5) is 0.306. The molecule has 1 aromatic carbocycles. The highest BCUT2D eigenvalue weighted by molar-refractivity contribution is 7.89. The minimum absolute atomic E-state index is 0.104. The van der Waals surface area contributed by atoms with Crippen molar-refractivity contribution in [3.63, 3.8) is 0 Å². The normalized spacial score (nSPS) is 19.5. The fourth-order valence-corrected chi connectivity index (χ4v) is 5.14. The lowest BCUT2D eigenvalue weighted by Gasteiger charge is -2.34. The summed E-state index contributed by atoms with van der Waals surface area (Å²) in [6, 6.07) is 10.5. The fraction of sp³-hybridized carbons (Fsp3) is 0.500. The van der Waals surface area contributed by atoms with Gasteiger partial charge in [-0.3, -0.25) is 4.68 Å². The Kier molecular flexibility index (Phi) is 5.36. The Hall–Kier alpha value is -1.66. The van der Waals surface area contributed by atoms with Crippen molar-refractivity contribution < 1.29 is 8.42 Å². The van der Waals surface area contributed by atoms with Crippen molar-refractivity contribution in [1.29, 1.82) is 0 Å². The Morgan fingerprint density at radius 1 is 1.21 bits per heavy atom. The third-order valence-electron chi connectivity index (χ3n) is 4.71. The molecule has 2 heterocycles. The summed E-state index contributed by atoms with van der Waals surface area (Å²) < 4.78 is 29.1. The van der Waals surface area contributed by atoms with Crippen molar-refractivity contribution in [2.75, 3.05) is 6.54 Å². The van der Waals surface area contributed by atoms with E-state index >= 15 is 0 Å². The van der Waals surface area contributed by atoms with Crippen LogP contribution < -0.4 is 0 Å². The van der Waals surface area contributed by atoms with Gasteiger partial charge in [0.1, 0.15) is 4.90 Å². The molecule has 1 saturated heterocycles. The molecule has 1 aliphatic heterocycles. The average molecular weight is 347 g/mol. The molecular weight excluding hydrogens is 322 g/mol. The first kappa shape index (κ1) is 17.2. The van der Waals surface area contributed by atoms with Gasteiger partial charge in [0.05, 0.1) is 6.20 Å². The van der Waals surface area contributed by atoms with Gasteiger partial charge in [-0.2, -0.15) is 9.40 Å². The van der Waals surface area contributed by atoms with Gasteiger partial charge >= 0.3 is 0 Å². The van der Waals surface area contributed by atoms with E-state index in [2.05, 4.69) is 29.4 Å². The molecule has 0 N–H and O–H groups in total. The first-order valence-electron chi connectivity index (χ1n) is 8.62. The number of rotatable bonds is 6. The molecule has 0 saturated carbocycles. The summed E-state index contributed by atoms with van der Waals surface area (Å²) in [6.07, 6.45) is 8.95. The standard InChI is InChI=1S/C18H25N3O2S/c1-20-15-18(14-19-20)24(22,23)21-13-6-5-11-17(21)12-7-10-16-8-3-2-4-9-16/h2-4,8-9,14-15,17H,5-7,10-13H2,1H3. The van der Waals surface area contributed by atoms with Crippen LogP contribution >= 0.6 is 0 Å². The number of piperidine rings is 1. The second-order valence-corrected chi connectivity index (χ2v) is 8.38. The van der Waals surface area contributed by atoms with Gasteiger partial charge in [-0.25, -0.2) is 8.42 Å². The molecular formula is C18H25N3O2S. The highest BCUT2D eigenvalue weighted by Gasteiger charge is 2.33. The molecule has 1 fully saturated rings. The zero-order valence-electron chi connectivity index (χ0n) is 14.1. The van der Waals surface area contributed by atoms with Crippen molar-refractivity contribution in [2.24, 2.45) is 7.05 Å². The lowest BCUT2D eigenvalue weighted by molar-refractivity contribution is 0.237. The van der Waals surface area contributed by atoms with Crippen LogP contribution in [0.1, 0.15) is 37.7 Å². The van der Waals surface area contributed by atoms with Crippen LogP contribution in [0.3, 0.4) is 0 Å². The lowest BCUT2D eigenvalue weighted by Crippen LogP contribution is -2.43. The van der Waals surface area contributed by atoms with Crippen LogP contribution in [0.2, 0.25) is 0 Å². The third-order valence-corrected chi connectivity index (χ3v) is 6.61. The molecule has 5 nitrogen and oxygen atoms in total. The maximum absolute atomic E-state index is 12.9. The molecule has 0 bridgehead atoms. The van der Waals surface area contributed by atoms with E-state index in [1.807, 2.05) is 6.07 Å². The molecule has 0 aliphatic carbocycles. The van der Waals surface area contributed by atoms with E-state index in [0.29, 0.717) is 11.4 Å². The second kappa shape index (κ2) is 7.49. The van der Waals surface area contributed by atoms with Crippen molar-refractivity contribution in [3.05, 3.63) is 48.3 Å². The smallest absolute Gasteiger partial charge is 0.246 e. The van der Waals surface area contributed by atoms with Crippen LogP contribution in [0.25, 0.3) is 0 Å². The number of nitrogens with zero attached hydrogens (tertiary/aromatic N) is 3. The van der Waals surface area contributed by atoms with Gasteiger partial charge in [0.2, 0.25) is 10.0 Å². The summed E-state index contributed by atoms with van der Waals surface area (Å²) in [7, 11) is -1.69.